The van der Waals surface area contributed by atoms with Gasteiger partial charge in [-0.3, -0.25) is 4.99 Å². The van der Waals surface area contributed by atoms with Crippen LogP contribution in [-0.2, 0) is 9.84 Å². The third-order valence-corrected chi connectivity index (χ3v) is 7.60. The first-order valence-corrected chi connectivity index (χ1v) is 12.2. The highest BCUT2D eigenvalue weighted by molar-refractivity contribution is 7.91. The van der Waals surface area contributed by atoms with E-state index in [1.165, 1.54) is 0 Å². The average Bonchev–Trinajstić information content (AvgIpc) is 2.99. The molecule has 0 aliphatic carbocycles. The maximum absolute atomic E-state index is 11.6. The minimum absolute atomic E-state index is 0.178. The number of nitrogens with one attached hydrogen (secondary N) is 1. The number of hydrogen-bond acceptors (Lipinski definition) is 4. The Labute approximate surface area is 177 Å². The number of sulfone groups is 1. The van der Waals surface area contributed by atoms with Crippen LogP contribution in [0, 0.1) is 11.8 Å². The Morgan fingerprint density at radius 2 is 1.86 bits per heavy atom. The summed E-state index contributed by atoms with van der Waals surface area (Å²) in [6.07, 6.45) is 2.75. The highest BCUT2D eigenvalue weighted by Gasteiger charge is 2.28. The van der Waals surface area contributed by atoms with Crippen molar-refractivity contribution in [1.29, 1.82) is 0 Å². The molecule has 0 aromatic heterocycles. The SMILES string of the molecule is CN=C(NCC1CCS(=O)(=O)C1)N1CCC(COc2cc(Cl)cc(Cl)c2)CC1. The quantitative estimate of drug-likeness (QED) is 0.554. The predicted molar refractivity (Wildman–Crippen MR) is 114 cm³/mol. The molecular weight excluding hydrogens is 421 g/mol. The normalized spacial score (nSPS) is 23.0. The van der Waals surface area contributed by atoms with Crippen LogP contribution in [0.15, 0.2) is 23.2 Å². The molecule has 1 N–H and O–H groups in total. The first-order valence-electron chi connectivity index (χ1n) is 9.59. The second-order valence-electron chi connectivity index (χ2n) is 7.54. The van der Waals surface area contributed by atoms with E-state index in [2.05, 4.69) is 15.2 Å². The lowest BCUT2D eigenvalue weighted by molar-refractivity contribution is 0.179. The van der Waals surface area contributed by atoms with Crippen molar-refractivity contribution in [2.45, 2.75) is 19.3 Å². The van der Waals surface area contributed by atoms with Crippen LogP contribution in [0.2, 0.25) is 10.0 Å². The van der Waals surface area contributed by atoms with Crippen LogP contribution in [0.1, 0.15) is 19.3 Å². The van der Waals surface area contributed by atoms with E-state index in [1.54, 1.807) is 25.2 Å². The molecule has 2 fully saturated rings. The fourth-order valence-corrected chi connectivity index (χ4v) is 6.11. The van der Waals surface area contributed by atoms with Crippen molar-refractivity contribution in [2.24, 2.45) is 16.8 Å². The van der Waals surface area contributed by atoms with Gasteiger partial charge in [0.15, 0.2) is 15.8 Å². The number of aliphatic imine (C=N–C) groups is 1. The second kappa shape index (κ2) is 9.55. The predicted octanol–water partition coefficient (Wildman–Crippen LogP) is 3.09. The van der Waals surface area contributed by atoms with Gasteiger partial charge < -0.3 is 15.0 Å². The second-order valence-corrected chi connectivity index (χ2v) is 10.6. The third-order valence-electron chi connectivity index (χ3n) is 5.32. The van der Waals surface area contributed by atoms with Gasteiger partial charge in [0.2, 0.25) is 0 Å². The van der Waals surface area contributed by atoms with Crippen molar-refractivity contribution in [1.82, 2.24) is 10.2 Å². The lowest BCUT2D eigenvalue weighted by Gasteiger charge is -2.34. The Balaban J connectivity index is 1.42. The average molecular weight is 448 g/mol. The molecule has 2 aliphatic rings. The van der Waals surface area contributed by atoms with Crippen molar-refractivity contribution < 1.29 is 13.2 Å². The maximum Gasteiger partial charge on any atom is 0.193 e. The highest BCUT2D eigenvalue weighted by atomic mass is 35.5. The summed E-state index contributed by atoms with van der Waals surface area (Å²) >= 11 is 12.0. The van der Waals surface area contributed by atoms with Crippen LogP contribution in [0.3, 0.4) is 0 Å². The topological polar surface area (TPSA) is 71.0 Å². The number of guanidine groups is 1. The van der Waals surface area contributed by atoms with Crippen LogP contribution < -0.4 is 10.1 Å². The Kier molecular flexibility index (Phi) is 7.34. The van der Waals surface area contributed by atoms with Gasteiger partial charge in [-0.15, -0.1) is 0 Å². The Hall–Kier alpha value is -1.18. The number of halogens is 2. The minimum Gasteiger partial charge on any atom is -0.493 e. The molecule has 2 aliphatic heterocycles. The van der Waals surface area contributed by atoms with E-state index in [0.29, 0.717) is 40.6 Å². The van der Waals surface area contributed by atoms with Crippen LogP contribution in [-0.4, -0.2) is 64.1 Å². The Bertz CT molecular complexity index is 788. The zero-order valence-corrected chi connectivity index (χ0v) is 18.4. The number of likely N-dealkylation sites (tertiary alicyclic amines) is 1. The molecule has 156 valence electrons. The minimum atomic E-state index is -2.84. The Morgan fingerprint density at radius 1 is 1.18 bits per heavy atom. The zero-order chi connectivity index (χ0) is 20.1. The first kappa shape index (κ1) is 21.5. The lowest BCUT2D eigenvalue weighted by Crippen LogP contribution is -2.47. The van der Waals surface area contributed by atoms with Crippen LogP contribution in [0.4, 0.5) is 0 Å². The van der Waals surface area contributed by atoms with Gasteiger partial charge in [-0.1, -0.05) is 23.2 Å². The van der Waals surface area contributed by atoms with E-state index in [0.717, 1.165) is 38.3 Å². The molecule has 1 aromatic carbocycles. The third kappa shape index (κ3) is 6.16. The maximum atomic E-state index is 11.6. The zero-order valence-electron chi connectivity index (χ0n) is 16.0. The number of rotatable bonds is 5. The van der Waals surface area contributed by atoms with Gasteiger partial charge in [-0.05, 0) is 49.3 Å². The number of hydrogen-bond donors (Lipinski definition) is 1. The van der Waals surface area contributed by atoms with E-state index in [1.807, 2.05) is 0 Å². The first-order chi connectivity index (χ1) is 13.3. The van der Waals surface area contributed by atoms with Crippen molar-refractivity contribution in [3.05, 3.63) is 28.2 Å². The smallest absolute Gasteiger partial charge is 0.193 e. The molecule has 0 spiro atoms. The molecule has 3 rings (SSSR count). The fourth-order valence-electron chi connectivity index (χ4n) is 3.74. The Morgan fingerprint density at radius 3 is 2.43 bits per heavy atom. The molecule has 0 bridgehead atoms. The van der Waals surface area contributed by atoms with Gasteiger partial charge in [0.1, 0.15) is 5.75 Å². The summed E-state index contributed by atoms with van der Waals surface area (Å²) in [4.78, 5) is 6.60. The standard InChI is InChI=1S/C19H27Cl2N3O3S/c1-22-19(23-11-15-4-7-28(25,26)13-15)24-5-2-14(3-6-24)12-27-18-9-16(20)8-17(21)10-18/h8-10,14-15H,2-7,11-13H2,1H3,(H,22,23). The van der Waals surface area contributed by atoms with Gasteiger partial charge in [-0.2, -0.15) is 0 Å². The van der Waals surface area contributed by atoms with Crippen LogP contribution in [0.5, 0.6) is 5.75 Å². The summed E-state index contributed by atoms with van der Waals surface area (Å²) in [7, 11) is -1.07. The molecule has 2 heterocycles. The van der Waals surface area contributed by atoms with Crippen molar-refractivity contribution in [2.75, 3.05) is 44.8 Å². The van der Waals surface area contributed by atoms with Crippen molar-refractivity contribution in [3.63, 3.8) is 0 Å². The van der Waals surface area contributed by atoms with Gasteiger partial charge in [0.25, 0.3) is 0 Å². The molecule has 6 nitrogen and oxygen atoms in total. The summed E-state index contributed by atoms with van der Waals surface area (Å²) in [5.41, 5.74) is 0. The van der Waals surface area contributed by atoms with Crippen LogP contribution >= 0.6 is 23.2 Å². The van der Waals surface area contributed by atoms with Gasteiger partial charge in [0, 0.05) is 36.7 Å². The molecule has 28 heavy (non-hydrogen) atoms. The lowest BCUT2D eigenvalue weighted by atomic mass is 9.98. The highest BCUT2D eigenvalue weighted by Crippen LogP contribution is 2.26. The number of ether oxygens (including phenoxy) is 1. The fraction of sp³-hybridized carbons (Fsp3) is 0.632. The van der Waals surface area contributed by atoms with E-state index in [9.17, 15) is 8.42 Å². The molecular formula is C19H27Cl2N3O3S. The molecule has 0 radical (unpaired) electrons. The van der Waals surface area contributed by atoms with E-state index >= 15 is 0 Å². The van der Waals surface area contributed by atoms with E-state index in [-0.39, 0.29) is 11.7 Å². The molecule has 1 unspecified atom stereocenters. The monoisotopic (exact) mass is 447 g/mol. The van der Waals surface area contributed by atoms with Gasteiger partial charge >= 0.3 is 0 Å². The summed E-state index contributed by atoms with van der Waals surface area (Å²) in [6, 6.07) is 5.24. The summed E-state index contributed by atoms with van der Waals surface area (Å²) < 4.78 is 29.1. The number of benzene rings is 1. The number of piperidine rings is 1. The molecule has 1 atom stereocenters. The molecule has 0 saturated carbocycles. The number of nitrogens with zero attached hydrogens (tertiary/aromatic N) is 2. The van der Waals surface area contributed by atoms with Crippen molar-refractivity contribution >= 4 is 39.0 Å². The molecule has 9 heteroatoms. The summed E-state index contributed by atoms with van der Waals surface area (Å²) in [6.45, 7) is 3.08. The van der Waals surface area contributed by atoms with Gasteiger partial charge in [0.05, 0.1) is 18.1 Å². The van der Waals surface area contributed by atoms with Crippen LogP contribution in [0.25, 0.3) is 0 Å². The summed E-state index contributed by atoms with van der Waals surface area (Å²) in [5, 5.41) is 4.50. The molecule has 0 amide bonds. The van der Waals surface area contributed by atoms with E-state index < -0.39 is 9.84 Å². The summed E-state index contributed by atoms with van der Waals surface area (Å²) in [5.74, 6) is 2.78. The van der Waals surface area contributed by atoms with Gasteiger partial charge in [-0.25, -0.2) is 8.42 Å². The molecule has 2 saturated heterocycles. The van der Waals surface area contributed by atoms with E-state index in [4.69, 9.17) is 27.9 Å². The largest absolute Gasteiger partial charge is 0.493 e. The van der Waals surface area contributed by atoms with Crippen molar-refractivity contribution in [3.8, 4) is 5.75 Å². The molecule has 1 aromatic rings.